The number of carbonyl (C=O) groups excluding carboxylic acids is 3. The Kier molecular flexibility index (Phi) is 12.6. The minimum absolute atomic E-state index is 0.145. The molecule has 3 amide bonds. The van der Waals surface area contributed by atoms with Crippen molar-refractivity contribution in [1.29, 1.82) is 0 Å². The first-order valence-electron chi connectivity index (χ1n) is 14.2. The second-order valence-corrected chi connectivity index (χ2v) is 12.1. The molecular formula is C34H44N4O6. The van der Waals surface area contributed by atoms with Crippen LogP contribution in [0, 0.1) is 18.3 Å². The molecule has 1 aliphatic rings. The van der Waals surface area contributed by atoms with Crippen molar-refractivity contribution in [2.75, 3.05) is 20.2 Å². The first-order chi connectivity index (χ1) is 20.7. The summed E-state index contributed by atoms with van der Waals surface area (Å²) in [4.78, 5) is 41.3. The molecule has 1 aliphatic heterocycles. The van der Waals surface area contributed by atoms with Crippen LogP contribution < -0.4 is 20.5 Å². The molecule has 3 N–H and O–H groups in total. The van der Waals surface area contributed by atoms with Crippen LogP contribution in [0.4, 0.5) is 4.79 Å². The Morgan fingerprint density at radius 2 is 1.70 bits per heavy atom. The number of nitrogens with two attached hydrogens (primary N) is 1. The van der Waals surface area contributed by atoms with Gasteiger partial charge in [0, 0.05) is 36.0 Å². The number of alkyl carbamates (subject to hydrolysis) is 1. The highest BCUT2D eigenvalue weighted by Gasteiger charge is 2.39. The van der Waals surface area contributed by atoms with E-state index in [0.29, 0.717) is 25.3 Å². The number of benzene rings is 2. The van der Waals surface area contributed by atoms with E-state index in [-0.39, 0.29) is 18.4 Å². The number of carbonyl (C=O) groups is 3. The molecule has 4 rings (SSSR count). The van der Waals surface area contributed by atoms with Crippen LogP contribution in [0.15, 0.2) is 54.6 Å². The van der Waals surface area contributed by atoms with Gasteiger partial charge >= 0.3 is 6.09 Å². The predicted molar refractivity (Wildman–Crippen MR) is 172 cm³/mol. The molecule has 1 saturated heterocycles. The van der Waals surface area contributed by atoms with E-state index in [4.69, 9.17) is 24.0 Å². The molecule has 1 unspecified atom stereocenters. The molecule has 2 heterocycles. The van der Waals surface area contributed by atoms with Gasteiger partial charge in [-0.3, -0.25) is 9.59 Å². The molecule has 0 saturated carbocycles. The van der Waals surface area contributed by atoms with Crippen molar-refractivity contribution in [3.63, 3.8) is 0 Å². The number of likely N-dealkylation sites (tertiary alicyclic amines) is 1. The van der Waals surface area contributed by atoms with Crippen molar-refractivity contribution in [2.24, 2.45) is 11.1 Å². The zero-order valence-electron chi connectivity index (χ0n) is 26.6. The number of primary amides is 1. The zero-order valence-corrected chi connectivity index (χ0v) is 26.6. The highest BCUT2D eigenvalue weighted by atomic mass is 16.6. The number of hydrogen-bond donors (Lipinski definition) is 2. The van der Waals surface area contributed by atoms with Crippen molar-refractivity contribution in [2.45, 2.75) is 65.7 Å². The van der Waals surface area contributed by atoms with Gasteiger partial charge in [-0.1, -0.05) is 51.1 Å². The van der Waals surface area contributed by atoms with Crippen molar-refractivity contribution >= 4 is 29.3 Å². The largest absolute Gasteiger partial charge is 0.497 e. The van der Waals surface area contributed by atoms with E-state index in [1.807, 2.05) is 75.4 Å². The highest BCUT2D eigenvalue weighted by Crippen LogP contribution is 2.34. The number of fused-ring (bicyclic) bond motifs is 1. The Morgan fingerprint density at radius 1 is 1.07 bits per heavy atom. The summed E-state index contributed by atoms with van der Waals surface area (Å²) in [6.45, 7) is 12.1. The van der Waals surface area contributed by atoms with Crippen LogP contribution in [0.25, 0.3) is 22.2 Å². The molecule has 10 heteroatoms. The van der Waals surface area contributed by atoms with Gasteiger partial charge in [-0.15, -0.1) is 12.8 Å². The molecule has 0 spiro atoms. The SMILES string of the molecule is C#C.COc1ccc2c(O[C@@H]3CCN(C(=O)C(NC(=O)OC(C)(C)C)C(C)(C)C)C3)cc(-c3ccccc3)nc2c1.NC=O. The van der Waals surface area contributed by atoms with E-state index < -0.39 is 23.2 Å². The fourth-order valence-electron chi connectivity index (χ4n) is 4.62. The number of amides is 3. The summed E-state index contributed by atoms with van der Waals surface area (Å²) in [5.41, 5.74) is 5.56. The minimum Gasteiger partial charge on any atom is -0.497 e. The molecule has 0 bridgehead atoms. The van der Waals surface area contributed by atoms with Gasteiger partial charge in [0.15, 0.2) is 0 Å². The molecule has 236 valence electrons. The maximum absolute atomic E-state index is 13.6. The van der Waals surface area contributed by atoms with Crippen molar-refractivity contribution in [3.8, 4) is 35.6 Å². The molecule has 2 aromatic carbocycles. The van der Waals surface area contributed by atoms with Gasteiger partial charge in [-0.2, -0.15) is 0 Å². The zero-order chi connectivity index (χ0) is 33.1. The maximum atomic E-state index is 13.6. The quantitative estimate of drug-likeness (QED) is 0.293. The summed E-state index contributed by atoms with van der Waals surface area (Å²) in [5, 5.41) is 3.68. The number of terminal acetylenes is 1. The van der Waals surface area contributed by atoms with Gasteiger partial charge in [-0.25, -0.2) is 9.78 Å². The lowest BCUT2D eigenvalue weighted by atomic mass is 9.86. The average molecular weight is 605 g/mol. The van der Waals surface area contributed by atoms with E-state index in [1.54, 1.807) is 32.8 Å². The van der Waals surface area contributed by atoms with Crippen molar-refractivity contribution in [3.05, 3.63) is 54.6 Å². The summed E-state index contributed by atoms with van der Waals surface area (Å²) in [7, 11) is 1.63. The van der Waals surface area contributed by atoms with Crippen LogP contribution in [0.5, 0.6) is 11.5 Å². The highest BCUT2D eigenvalue weighted by molar-refractivity contribution is 5.89. The fourth-order valence-corrected chi connectivity index (χ4v) is 4.62. The first-order valence-corrected chi connectivity index (χ1v) is 14.2. The summed E-state index contributed by atoms with van der Waals surface area (Å²) in [6.07, 6.45) is 8.12. The van der Waals surface area contributed by atoms with Gasteiger partial charge in [0.25, 0.3) is 0 Å². The normalized spacial score (nSPS) is 15.0. The second kappa shape index (κ2) is 15.6. The first kappa shape index (κ1) is 35.4. The predicted octanol–water partition coefficient (Wildman–Crippen LogP) is 5.18. The third kappa shape index (κ3) is 9.90. The number of rotatable bonds is 6. The number of nitrogens with one attached hydrogen (secondary N) is 1. The number of aromatic nitrogens is 1. The monoisotopic (exact) mass is 604 g/mol. The number of nitrogens with zero attached hydrogens (tertiary/aromatic N) is 2. The smallest absolute Gasteiger partial charge is 0.408 e. The van der Waals surface area contributed by atoms with Gasteiger partial charge < -0.3 is 30.2 Å². The Hall–Kier alpha value is -4.78. The molecule has 1 aromatic heterocycles. The van der Waals surface area contributed by atoms with Crippen LogP contribution in [0.2, 0.25) is 0 Å². The molecule has 10 nitrogen and oxygen atoms in total. The lowest BCUT2D eigenvalue weighted by Crippen LogP contribution is -2.55. The van der Waals surface area contributed by atoms with Crippen molar-refractivity contribution in [1.82, 2.24) is 15.2 Å². The number of ether oxygens (including phenoxy) is 3. The topological polar surface area (TPSA) is 133 Å². The molecule has 0 aliphatic carbocycles. The Balaban J connectivity index is 0.00000127. The van der Waals surface area contributed by atoms with E-state index >= 15 is 0 Å². The molecular weight excluding hydrogens is 560 g/mol. The Bertz CT molecular complexity index is 1430. The standard InChI is InChI=1S/C31H39N3O5.C2H2.CH3NO/c1-30(2,3)27(33-29(36)39-31(4,5)6)28(35)34-16-15-22(19-34)38-26-18-24(20-11-9-8-10-12-20)32-25-17-21(37-7)13-14-23(25)26;1-2;2-1-3/h8-14,17-18,22,27H,15-16,19H2,1-7H3,(H,33,36);1-2H;1H,(H2,2,3)/t22-,27?;;/m1../s1. The van der Waals surface area contributed by atoms with E-state index in [9.17, 15) is 9.59 Å². The summed E-state index contributed by atoms with van der Waals surface area (Å²) in [5.74, 6) is 1.28. The van der Waals surface area contributed by atoms with Crippen LogP contribution in [0.3, 0.4) is 0 Å². The fraction of sp³-hybridized carbons (Fsp3) is 0.412. The molecule has 2 atom stereocenters. The summed E-state index contributed by atoms with van der Waals surface area (Å²) < 4.78 is 17.4. The van der Waals surface area contributed by atoms with Gasteiger partial charge in [0.05, 0.1) is 24.9 Å². The summed E-state index contributed by atoms with van der Waals surface area (Å²) >= 11 is 0. The maximum Gasteiger partial charge on any atom is 0.408 e. The lowest BCUT2D eigenvalue weighted by Gasteiger charge is -2.34. The van der Waals surface area contributed by atoms with Crippen molar-refractivity contribution < 1.29 is 28.6 Å². The molecule has 1 fully saturated rings. The van der Waals surface area contributed by atoms with Crippen LogP contribution in [0.1, 0.15) is 48.0 Å². The van der Waals surface area contributed by atoms with Crippen LogP contribution >= 0.6 is 0 Å². The van der Waals surface area contributed by atoms with E-state index in [2.05, 4.69) is 23.9 Å². The Morgan fingerprint density at radius 3 is 2.27 bits per heavy atom. The van der Waals surface area contributed by atoms with Gasteiger partial charge in [0.1, 0.15) is 29.2 Å². The third-order valence-corrected chi connectivity index (χ3v) is 6.57. The molecule has 3 aromatic rings. The Labute approximate surface area is 260 Å². The van der Waals surface area contributed by atoms with E-state index in [1.165, 1.54) is 0 Å². The lowest BCUT2D eigenvalue weighted by molar-refractivity contribution is -0.135. The number of pyridine rings is 1. The van der Waals surface area contributed by atoms with Crippen LogP contribution in [-0.4, -0.2) is 66.2 Å². The third-order valence-electron chi connectivity index (χ3n) is 6.57. The molecule has 0 radical (unpaired) electrons. The number of methoxy groups -OCH3 is 1. The summed E-state index contributed by atoms with van der Waals surface area (Å²) in [6, 6.07) is 16.9. The van der Waals surface area contributed by atoms with E-state index in [0.717, 1.165) is 27.9 Å². The molecule has 44 heavy (non-hydrogen) atoms. The van der Waals surface area contributed by atoms with Gasteiger partial charge in [-0.05, 0) is 38.3 Å². The number of hydrogen-bond acceptors (Lipinski definition) is 7. The second-order valence-electron chi connectivity index (χ2n) is 12.1. The van der Waals surface area contributed by atoms with Crippen LogP contribution in [-0.2, 0) is 14.3 Å². The van der Waals surface area contributed by atoms with Gasteiger partial charge in [0.2, 0.25) is 12.3 Å². The minimum atomic E-state index is -0.731. The average Bonchev–Trinajstić information content (AvgIpc) is 3.44.